The molecule has 9 heteroatoms. The van der Waals surface area contributed by atoms with E-state index in [-0.39, 0.29) is 75.5 Å². The van der Waals surface area contributed by atoms with Crippen LogP contribution in [0.15, 0.2) is 84.0 Å². The van der Waals surface area contributed by atoms with Crippen molar-refractivity contribution in [3.05, 3.63) is 117 Å². The Kier molecular flexibility index (Phi) is 9.43. The fourth-order valence-electron chi connectivity index (χ4n) is 6.35. The van der Waals surface area contributed by atoms with Gasteiger partial charge in [0.05, 0.1) is 5.56 Å². The SMILES string of the molecule is CC(C)=CCc1c(O)ccc(C(=O)C2CC(c3cc(O)cc(O)c3)C(C)=CC2c2c(O)cc(C=Cc3ccc(O)cc3O)cc2O)c1O. The molecule has 9 nitrogen and oxygen atoms in total. The summed E-state index contributed by atoms with van der Waals surface area (Å²) in [6.45, 7) is 5.58. The topological polar surface area (TPSA) is 179 Å². The molecule has 0 saturated heterocycles. The van der Waals surface area contributed by atoms with Crippen LogP contribution in [0.3, 0.4) is 0 Å². The molecule has 0 heterocycles. The van der Waals surface area contributed by atoms with Crippen molar-refractivity contribution in [1.82, 2.24) is 0 Å². The number of Topliss-reactive ketones (excluding diaryl/α,β-unsaturated/α-hetero) is 1. The number of carbonyl (C=O) groups excluding carboxylic acids is 1. The van der Waals surface area contributed by atoms with Crippen LogP contribution < -0.4 is 0 Å². The van der Waals surface area contributed by atoms with Crippen molar-refractivity contribution in [2.45, 2.75) is 45.4 Å². The number of hydrogen-bond donors (Lipinski definition) is 8. The fraction of sp³-hybridized carbons (Fsp3) is 0.205. The van der Waals surface area contributed by atoms with Gasteiger partial charge in [-0.3, -0.25) is 4.79 Å². The van der Waals surface area contributed by atoms with Crippen LogP contribution in [-0.2, 0) is 6.42 Å². The third kappa shape index (κ3) is 6.95. The zero-order chi connectivity index (χ0) is 34.9. The van der Waals surface area contributed by atoms with Gasteiger partial charge in [-0.2, -0.15) is 0 Å². The molecule has 0 radical (unpaired) electrons. The summed E-state index contributed by atoms with van der Waals surface area (Å²) in [5.41, 5.74) is 3.33. The Morgan fingerprint density at radius 1 is 0.750 bits per heavy atom. The second-order valence-electron chi connectivity index (χ2n) is 12.5. The van der Waals surface area contributed by atoms with Crippen molar-refractivity contribution < 1.29 is 45.6 Å². The van der Waals surface area contributed by atoms with E-state index in [4.69, 9.17) is 0 Å². The van der Waals surface area contributed by atoms with Gasteiger partial charge >= 0.3 is 0 Å². The molecule has 5 rings (SSSR count). The predicted molar refractivity (Wildman–Crippen MR) is 183 cm³/mol. The lowest BCUT2D eigenvalue weighted by Gasteiger charge is -2.35. The zero-order valence-electron chi connectivity index (χ0n) is 26.7. The van der Waals surface area contributed by atoms with Crippen molar-refractivity contribution in [1.29, 1.82) is 0 Å². The number of ketones is 1. The summed E-state index contributed by atoms with van der Waals surface area (Å²) in [7, 11) is 0. The highest BCUT2D eigenvalue weighted by Crippen LogP contribution is 2.51. The maximum atomic E-state index is 14.4. The van der Waals surface area contributed by atoms with Gasteiger partial charge in [-0.05, 0) is 93.3 Å². The summed E-state index contributed by atoms with van der Waals surface area (Å²) < 4.78 is 0. The number of hydrogen-bond acceptors (Lipinski definition) is 9. The van der Waals surface area contributed by atoms with Gasteiger partial charge in [-0.15, -0.1) is 0 Å². The van der Waals surface area contributed by atoms with Gasteiger partial charge < -0.3 is 40.9 Å². The monoisotopic (exact) mass is 650 g/mol. The van der Waals surface area contributed by atoms with Gasteiger partial charge in [-0.25, -0.2) is 0 Å². The average Bonchev–Trinajstić information content (AvgIpc) is 2.99. The molecule has 0 saturated carbocycles. The Morgan fingerprint density at radius 2 is 1.42 bits per heavy atom. The molecule has 0 bridgehead atoms. The second kappa shape index (κ2) is 13.5. The molecule has 0 aliphatic heterocycles. The molecule has 3 unspecified atom stereocenters. The molecule has 0 fully saturated rings. The van der Waals surface area contributed by atoms with E-state index in [1.54, 1.807) is 18.2 Å². The Balaban J connectivity index is 1.60. The molecular weight excluding hydrogens is 612 g/mol. The van der Waals surface area contributed by atoms with E-state index in [0.29, 0.717) is 16.7 Å². The standard InChI is InChI=1S/C39H38O9/c1-20(2)4-9-28-33(43)11-10-29(38(28)47)39(48)32-19-30(24-15-26(41)17-27(42)16-24)21(3)12-31(32)37-35(45)13-22(14-36(37)46)5-6-23-7-8-25(40)18-34(23)44/h4-8,10-18,30-32,40-47H,9,19H2,1-3H3. The van der Waals surface area contributed by atoms with Crippen LogP contribution in [-0.4, -0.2) is 46.6 Å². The molecule has 0 aromatic heterocycles. The van der Waals surface area contributed by atoms with E-state index in [1.807, 2.05) is 26.8 Å². The first-order valence-electron chi connectivity index (χ1n) is 15.4. The largest absolute Gasteiger partial charge is 0.508 e. The van der Waals surface area contributed by atoms with E-state index in [9.17, 15) is 45.6 Å². The first kappa shape index (κ1) is 33.5. The lowest BCUT2D eigenvalue weighted by atomic mass is 9.67. The summed E-state index contributed by atoms with van der Waals surface area (Å²) in [5.74, 6) is -4.38. The van der Waals surface area contributed by atoms with Gasteiger partial charge in [0.15, 0.2) is 5.78 Å². The van der Waals surface area contributed by atoms with Crippen LogP contribution in [0.25, 0.3) is 12.2 Å². The number of carbonyl (C=O) groups is 1. The van der Waals surface area contributed by atoms with Crippen molar-refractivity contribution in [3.63, 3.8) is 0 Å². The maximum Gasteiger partial charge on any atom is 0.170 e. The number of phenols is 8. The quantitative estimate of drug-likeness (QED) is 0.0538. The minimum absolute atomic E-state index is 0.0300. The van der Waals surface area contributed by atoms with Gasteiger partial charge in [0.1, 0.15) is 46.0 Å². The van der Waals surface area contributed by atoms with Gasteiger partial charge in [-0.1, -0.05) is 35.5 Å². The number of aromatic hydroxyl groups is 8. The number of phenolic OH excluding ortho intramolecular Hbond substituents is 8. The van der Waals surface area contributed by atoms with Crippen molar-refractivity contribution in [3.8, 4) is 46.0 Å². The van der Waals surface area contributed by atoms with Crippen molar-refractivity contribution in [2.24, 2.45) is 5.92 Å². The first-order chi connectivity index (χ1) is 22.7. The van der Waals surface area contributed by atoms with Gasteiger partial charge in [0.2, 0.25) is 0 Å². The molecular formula is C39H38O9. The Labute approximate surface area is 278 Å². The van der Waals surface area contributed by atoms with Crippen molar-refractivity contribution in [2.75, 3.05) is 0 Å². The first-order valence-corrected chi connectivity index (χ1v) is 15.4. The normalized spacial score (nSPS) is 17.6. The highest BCUT2D eigenvalue weighted by Gasteiger charge is 2.40. The summed E-state index contributed by atoms with van der Waals surface area (Å²) in [6.07, 6.45) is 7.02. The Morgan fingerprint density at radius 3 is 2.04 bits per heavy atom. The molecule has 1 aliphatic carbocycles. The van der Waals surface area contributed by atoms with Gasteiger partial charge in [0.25, 0.3) is 0 Å². The van der Waals surface area contributed by atoms with Crippen LogP contribution in [0.5, 0.6) is 46.0 Å². The van der Waals surface area contributed by atoms with Crippen LogP contribution in [0, 0.1) is 5.92 Å². The van der Waals surface area contributed by atoms with E-state index < -0.39 is 23.5 Å². The summed E-state index contributed by atoms with van der Waals surface area (Å²) in [5, 5.41) is 84.5. The van der Waals surface area contributed by atoms with E-state index >= 15 is 0 Å². The maximum absolute atomic E-state index is 14.4. The third-order valence-corrected chi connectivity index (χ3v) is 8.78. The summed E-state index contributed by atoms with van der Waals surface area (Å²) >= 11 is 0. The Hall–Kier alpha value is -5.83. The molecule has 248 valence electrons. The summed E-state index contributed by atoms with van der Waals surface area (Å²) in [6, 6.07) is 13.9. The molecule has 3 atom stereocenters. The molecule has 0 spiro atoms. The van der Waals surface area contributed by atoms with Crippen LogP contribution >= 0.6 is 0 Å². The average molecular weight is 651 g/mol. The third-order valence-electron chi connectivity index (χ3n) is 8.78. The lowest BCUT2D eigenvalue weighted by Crippen LogP contribution is -2.28. The molecule has 0 amide bonds. The highest BCUT2D eigenvalue weighted by atomic mass is 16.3. The number of allylic oxidation sites excluding steroid dienone is 4. The smallest absolute Gasteiger partial charge is 0.170 e. The molecule has 4 aromatic rings. The zero-order valence-corrected chi connectivity index (χ0v) is 26.7. The molecule has 48 heavy (non-hydrogen) atoms. The predicted octanol–water partition coefficient (Wildman–Crippen LogP) is 7.73. The van der Waals surface area contributed by atoms with Crippen LogP contribution in [0.2, 0.25) is 0 Å². The Bertz CT molecular complexity index is 1940. The molecule has 1 aliphatic rings. The number of rotatable bonds is 8. The molecule has 4 aromatic carbocycles. The summed E-state index contributed by atoms with van der Waals surface area (Å²) in [4.78, 5) is 14.4. The fourth-order valence-corrected chi connectivity index (χ4v) is 6.35. The second-order valence-corrected chi connectivity index (χ2v) is 12.5. The number of benzene rings is 4. The van der Waals surface area contributed by atoms with Gasteiger partial charge in [0, 0.05) is 46.6 Å². The van der Waals surface area contributed by atoms with Crippen molar-refractivity contribution >= 4 is 17.9 Å². The molecule has 8 N–H and O–H groups in total. The van der Waals surface area contributed by atoms with E-state index in [1.165, 1.54) is 60.7 Å². The minimum atomic E-state index is -0.943. The lowest BCUT2D eigenvalue weighted by molar-refractivity contribution is 0.0890. The highest BCUT2D eigenvalue weighted by molar-refractivity contribution is 6.02. The van der Waals surface area contributed by atoms with Crippen LogP contribution in [0.4, 0.5) is 0 Å². The van der Waals surface area contributed by atoms with E-state index in [2.05, 4.69) is 0 Å². The minimum Gasteiger partial charge on any atom is -0.508 e. The van der Waals surface area contributed by atoms with E-state index in [0.717, 1.165) is 11.1 Å². The van der Waals surface area contributed by atoms with Crippen LogP contribution in [0.1, 0.15) is 77.2 Å².